The lowest BCUT2D eigenvalue weighted by molar-refractivity contribution is 0.197. The Kier molecular flexibility index (Phi) is 5.89. The Balaban J connectivity index is 2.00. The SMILES string of the molecule is COCCCNc1ccc(NS(=O)(=O)c2cccc(C)c2)nn1. The van der Waals surface area contributed by atoms with Crippen molar-refractivity contribution in [3.8, 4) is 0 Å². The first-order valence-corrected chi connectivity index (χ1v) is 8.65. The monoisotopic (exact) mass is 336 g/mol. The van der Waals surface area contributed by atoms with Gasteiger partial charge in [-0.2, -0.15) is 0 Å². The average Bonchev–Trinajstić information content (AvgIpc) is 2.53. The van der Waals surface area contributed by atoms with E-state index in [1.807, 2.05) is 13.0 Å². The Hall–Kier alpha value is -2.19. The standard InChI is InChI=1S/C15H20N4O3S/c1-12-5-3-6-13(11-12)23(20,21)19-15-8-7-14(17-18-15)16-9-4-10-22-2/h3,5-8,11H,4,9-10H2,1-2H3,(H,16,17)(H,18,19). The molecule has 2 rings (SSSR count). The maximum Gasteiger partial charge on any atom is 0.263 e. The highest BCUT2D eigenvalue weighted by Crippen LogP contribution is 2.15. The van der Waals surface area contributed by atoms with Gasteiger partial charge in [0, 0.05) is 20.3 Å². The lowest BCUT2D eigenvalue weighted by atomic mass is 10.2. The lowest BCUT2D eigenvalue weighted by Gasteiger charge is -2.08. The molecular weight excluding hydrogens is 316 g/mol. The van der Waals surface area contributed by atoms with Gasteiger partial charge >= 0.3 is 0 Å². The molecule has 0 unspecified atom stereocenters. The van der Waals surface area contributed by atoms with Gasteiger partial charge in [-0.1, -0.05) is 12.1 Å². The fraction of sp³-hybridized carbons (Fsp3) is 0.333. The number of nitrogens with zero attached hydrogens (tertiary/aromatic N) is 2. The van der Waals surface area contributed by atoms with Crippen LogP contribution in [-0.2, 0) is 14.8 Å². The van der Waals surface area contributed by atoms with E-state index >= 15 is 0 Å². The van der Waals surface area contributed by atoms with E-state index in [9.17, 15) is 8.42 Å². The van der Waals surface area contributed by atoms with Gasteiger partial charge < -0.3 is 10.1 Å². The van der Waals surface area contributed by atoms with Gasteiger partial charge in [-0.25, -0.2) is 8.42 Å². The number of anilines is 2. The number of aryl methyl sites for hydroxylation is 1. The summed E-state index contributed by atoms with van der Waals surface area (Å²) in [5, 5.41) is 10.9. The molecule has 0 aliphatic rings. The van der Waals surface area contributed by atoms with Gasteiger partial charge in [-0.15, -0.1) is 10.2 Å². The van der Waals surface area contributed by atoms with Crippen molar-refractivity contribution in [3.05, 3.63) is 42.0 Å². The van der Waals surface area contributed by atoms with Crippen LogP contribution in [0.2, 0.25) is 0 Å². The first-order chi connectivity index (χ1) is 11.0. The number of aromatic nitrogens is 2. The van der Waals surface area contributed by atoms with E-state index in [0.717, 1.165) is 12.0 Å². The van der Waals surface area contributed by atoms with Crippen molar-refractivity contribution in [1.29, 1.82) is 0 Å². The van der Waals surface area contributed by atoms with Crippen molar-refractivity contribution in [2.75, 3.05) is 30.3 Å². The number of sulfonamides is 1. The molecule has 2 N–H and O–H groups in total. The zero-order chi connectivity index (χ0) is 16.7. The number of methoxy groups -OCH3 is 1. The summed E-state index contributed by atoms with van der Waals surface area (Å²) >= 11 is 0. The minimum absolute atomic E-state index is 0.175. The summed E-state index contributed by atoms with van der Waals surface area (Å²) in [7, 11) is -2.01. The summed E-state index contributed by atoms with van der Waals surface area (Å²) in [5.74, 6) is 0.758. The molecule has 0 fully saturated rings. The molecule has 23 heavy (non-hydrogen) atoms. The second kappa shape index (κ2) is 7.89. The zero-order valence-corrected chi connectivity index (χ0v) is 13.9. The molecule has 8 heteroatoms. The summed E-state index contributed by atoms with van der Waals surface area (Å²) in [5.41, 5.74) is 0.870. The fourth-order valence-corrected chi connectivity index (χ4v) is 2.99. The van der Waals surface area contributed by atoms with Crippen LogP contribution in [0.15, 0.2) is 41.3 Å². The van der Waals surface area contributed by atoms with E-state index < -0.39 is 10.0 Å². The highest BCUT2D eigenvalue weighted by atomic mass is 32.2. The van der Waals surface area contributed by atoms with Crippen LogP contribution in [0.3, 0.4) is 0 Å². The molecule has 0 bridgehead atoms. The Labute approximate surface area is 136 Å². The third kappa shape index (κ3) is 5.19. The minimum Gasteiger partial charge on any atom is -0.385 e. The summed E-state index contributed by atoms with van der Waals surface area (Å²) < 4.78 is 31.9. The van der Waals surface area contributed by atoms with Crippen LogP contribution in [0.4, 0.5) is 11.6 Å². The summed E-state index contributed by atoms with van der Waals surface area (Å²) in [6.45, 7) is 3.20. The van der Waals surface area contributed by atoms with Crippen LogP contribution in [0.1, 0.15) is 12.0 Å². The van der Waals surface area contributed by atoms with Crippen molar-refractivity contribution in [2.24, 2.45) is 0 Å². The number of hydrogen-bond acceptors (Lipinski definition) is 6. The van der Waals surface area contributed by atoms with Crippen LogP contribution in [-0.4, -0.2) is 38.9 Å². The van der Waals surface area contributed by atoms with Crippen LogP contribution in [0.25, 0.3) is 0 Å². The smallest absolute Gasteiger partial charge is 0.263 e. The highest BCUT2D eigenvalue weighted by Gasteiger charge is 2.15. The predicted octanol–water partition coefficient (Wildman–Crippen LogP) is 2.03. The number of benzene rings is 1. The van der Waals surface area contributed by atoms with Crippen LogP contribution in [0.5, 0.6) is 0 Å². The predicted molar refractivity (Wildman–Crippen MR) is 89.0 cm³/mol. The van der Waals surface area contributed by atoms with E-state index in [1.165, 1.54) is 6.07 Å². The maximum absolute atomic E-state index is 12.3. The van der Waals surface area contributed by atoms with E-state index in [4.69, 9.17) is 4.74 Å². The van der Waals surface area contributed by atoms with Crippen molar-refractivity contribution in [3.63, 3.8) is 0 Å². The Morgan fingerprint density at radius 1 is 1.13 bits per heavy atom. The third-order valence-electron chi connectivity index (χ3n) is 3.03. The van der Waals surface area contributed by atoms with E-state index in [2.05, 4.69) is 20.2 Å². The molecule has 0 radical (unpaired) electrons. The van der Waals surface area contributed by atoms with Gasteiger partial charge in [0.05, 0.1) is 4.90 Å². The van der Waals surface area contributed by atoms with E-state index in [1.54, 1.807) is 31.4 Å². The molecule has 0 atom stereocenters. The van der Waals surface area contributed by atoms with Gasteiger partial charge in [0.15, 0.2) is 5.82 Å². The van der Waals surface area contributed by atoms with Gasteiger partial charge in [0.2, 0.25) is 0 Å². The number of nitrogens with one attached hydrogen (secondary N) is 2. The van der Waals surface area contributed by atoms with Crippen molar-refractivity contribution >= 4 is 21.7 Å². The Morgan fingerprint density at radius 3 is 2.52 bits per heavy atom. The molecule has 1 aromatic carbocycles. The molecule has 0 spiro atoms. The molecule has 7 nitrogen and oxygen atoms in total. The van der Waals surface area contributed by atoms with Gasteiger partial charge in [0.25, 0.3) is 10.0 Å². The summed E-state index contributed by atoms with van der Waals surface area (Å²) in [4.78, 5) is 0.195. The molecule has 0 saturated carbocycles. The molecule has 0 amide bonds. The Morgan fingerprint density at radius 2 is 1.87 bits per heavy atom. The van der Waals surface area contributed by atoms with Gasteiger partial charge in [-0.05, 0) is 43.2 Å². The average molecular weight is 336 g/mol. The van der Waals surface area contributed by atoms with Crippen LogP contribution in [0, 0.1) is 6.92 Å². The quantitative estimate of drug-likeness (QED) is 0.717. The topological polar surface area (TPSA) is 93.2 Å². The molecule has 0 aliphatic heterocycles. The highest BCUT2D eigenvalue weighted by molar-refractivity contribution is 7.92. The van der Waals surface area contributed by atoms with E-state index in [0.29, 0.717) is 19.0 Å². The largest absolute Gasteiger partial charge is 0.385 e. The second-order valence-electron chi connectivity index (χ2n) is 5.00. The first kappa shape index (κ1) is 17.2. The normalized spacial score (nSPS) is 11.2. The molecule has 0 aliphatic carbocycles. The van der Waals surface area contributed by atoms with Gasteiger partial charge in [0.1, 0.15) is 5.82 Å². The number of ether oxygens (including phenoxy) is 1. The minimum atomic E-state index is -3.66. The molecule has 2 aromatic rings. The molecule has 0 saturated heterocycles. The van der Waals surface area contributed by atoms with E-state index in [-0.39, 0.29) is 10.7 Å². The van der Waals surface area contributed by atoms with Crippen molar-refractivity contribution < 1.29 is 13.2 Å². The zero-order valence-electron chi connectivity index (χ0n) is 13.1. The Bertz CT molecular complexity index is 733. The molecular formula is C15H20N4O3S. The summed E-state index contributed by atoms with van der Waals surface area (Å²) in [6, 6.07) is 9.91. The second-order valence-corrected chi connectivity index (χ2v) is 6.68. The van der Waals surface area contributed by atoms with Crippen molar-refractivity contribution in [1.82, 2.24) is 10.2 Å². The third-order valence-corrected chi connectivity index (χ3v) is 4.39. The van der Waals surface area contributed by atoms with Gasteiger partial charge in [-0.3, -0.25) is 4.72 Å². The van der Waals surface area contributed by atoms with Crippen LogP contribution >= 0.6 is 0 Å². The molecule has 1 heterocycles. The number of hydrogen-bond donors (Lipinski definition) is 2. The molecule has 1 aromatic heterocycles. The maximum atomic E-state index is 12.3. The first-order valence-electron chi connectivity index (χ1n) is 7.17. The van der Waals surface area contributed by atoms with Crippen molar-refractivity contribution in [2.45, 2.75) is 18.2 Å². The number of rotatable bonds is 8. The lowest BCUT2D eigenvalue weighted by Crippen LogP contribution is -2.15. The fourth-order valence-electron chi connectivity index (χ4n) is 1.89. The molecule has 124 valence electrons. The van der Waals surface area contributed by atoms with Crippen LogP contribution < -0.4 is 10.0 Å². The summed E-state index contributed by atoms with van der Waals surface area (Å²) in [6.07, 6.45) is 0.847.